The van der Waals surface area contributed by atoms with Gasteiger partial charge in [-0.3, -0.25) is 19.3 Å². The number of amides is 2. The van der Waals surface area contributed by atoms with Crippen molar-refractivity contribution in [1.82, 2.24) is 4.90 Å². The molecule has 0 unspecified atom stereocenters. The van der Waals surface area contributed by atoms with Crippen molar-refractivity contribution in [3.05, 3.63) is 62.5 Å². The Labute approximate surface area is 185 Å². The molecule has 1 fully saturated rings. The summed E-state index contributed by atoms with van der Waals surface area (Å²) in [5, 5.41) is 8.24. The van der Waals surface area contributed by atoms with Crippen LogP contribution in [0.15, 0.2) is 45.8 Å². The first-order valence-electron chi connectivity index (χ1n) is 8.81. The van der Waals surface area contributed by atoms with E-state index in [0.29, 0.717) is 44.8 Å². The number of carboxylic acid groups (broad SMARTS) is 1. The number of nitrogens with zero attached hydrogens (tertiary/aromatic N) is 1. The Hall–Kier alpha value is -2.78. The van der Waals surface area contributed by atoms with E-state index in [1.165, 1.54) is 13.2 Å². The van der Waals surface area contributed by atoms with E-state index in [9.17, 15) is 14.4 Å². The maximum absolute atomic E-state index is 12.3. The molecule has 0 spiro atoms. The predicted octanol–water partition coefficient (Wildman–Crippen LogP) is 4.47. The quantitative estimate of drug-likeness (QED) is 0.571. The summed E-state index contributed by atoms with van der Waals surface area (Å²) in [5.41, 5.74) is 2.77. The summed E-state index contributed by atoms with van der Waals surface area (Å²) in [6, 6.07) is 11.4. The van der Waals surface area contributed by atoms with Gasteiger partial charge in [0.25, 0.3) is 11.1 Å². The maximum Gasteiger partial charge on any atom is 0.323 e. The molecule has 0 aromatic heterocycles. The standard InChI is InChI=1S/C21H18BrNO6S/c1-12-3-5-13(6-4-12)11-29-19-15(22)7-14(8-16(19)28-2)9-17-20(26)23(10-18(24)25)21(27)30-17/h3-9H,10-11H2,1-2H3,(H,24,25)/b17-9+. The zero-order valence-electron chi connectivity index (χ0n) is 16.2. The van der Waals surface area contributed by atoms with Gasteiger partial charge in [-0.05, 0) is 64.0 Å². The molecule has 1 N–H and O–H groups in total. The number of carbonyl (C=O) groups is 3. The molecule has 1 aliphatic heterocycles. The number of benzene rings is 2. The summed E-state index contributed by atoms with van der Waals surface area (Å²) in [6.45, 7) is 1.70. The smallest absolute Gasteiger partial charge is 0.323 e. The van der Waals surface area contributed by atoms with E-state index in [4.69, 9.17) is 14.6 Å². The van der Waals surface area contributed by atoms with E-state index in [1.54, 1.807) is 12.1 Å². The van der Waals surface area contributed by atoms with Gasteiger partial charge in [-0.2, -0.15) is 0 Å². The third kappa shape index (κ3) is 5.03. The third-order valence-electron chi connectivity index (χ3n) is 4.22. The van der Waals surface area contributed by atoms with Crippen LogP contribution in [0.1, 0.15) is 16.7 Å². The first-order valence-corrected chi connectivity index (χ1v) is 10.4. The van der Waals surface area contributed by atoms with E-state index in [2.05, 4.69) is 15.9 Å². The molecule has 156 valence electrons. The first kappa shape index (κ1) is 21.9. The number of aryl methyl sites for hydroxylation is 1. The zero-order chi connectivity index (χ0) is 21.8. The topological polar surface area (TPSA) is 93.1 Å². The minimum Gasteiger partial charge on any atom is -0.493 e. The fraction of sp³-hybridized carbons (Fsp3) is 0.190. The molecule has 3 rings (SSSR count). The van der Waals surface area contributed by atoms with Crippen LogP contribution in [0.25, 0.3) is 6.08 Å². The van der Waals surface area contributed by atoms with Gasteiger partial charge in [-0.1, -0.05) is 29.8 Å². The summed E-state index contributed by atoms with van der Waals surface area (Å²) < 4.78 is 12.0. The summed E-state index contributed by atoms with van der Waals surface area (Å²) in [5.74, 6) is -0.929. The number of carbonyl (C=O) groups excluding carboxylic acids is 2. The lowest BCUT2D eigenvalue weighted by Gasteiger charge is -2.14. The van der Waals surface area contributed by atoms with Gasteiger partial charge >= 0.3 is 5.97 Å². The highest BCUT2D eigenvalue weighted by atomic mass is 79.9. The molecular formula is C21H18BrNO6S. The predicted molar refractivity (Wildman–Crippen MR) is 117 cm³/mol. The fourth-order valence-corrected chi connectivity index (χ4v) is 4.14. The minimum atomic E-state index is -1.25. The number of hydrogen-bond acceptors (Lipinski definition) is 6. The van der Waals surface area contributed by atoms with Crippen LogP contribution in [0.2, 0.25) is 0 Å². The number of imide groups is 1. The van der Waals surface area contributed by atoms with Crippen LogP contribution in [0.5, 0.6) is 11.5 Å². The van der Waals surface area contributed by atoms with Crippen LogP contribution in [-0.4, -0.2) is 40.8 Å². The van der Waals surface area contributed by atoms with Crippen molar-refractivity contribution in [2.75, 3.05) is 13.7 Å². The highest BCUT2D eigenvalue weighted by molar-refractivity contribution is 9.10. The molecule has 2 amide bonds. The average molecular weight is 492 g/mol. The lowest BCUT2D eigenvalue weighted by molar-refractivity contribution is -0.140. The lowest BCUT2D eigenvalue weighted by Crippen LogP contribution is -2.33. The molecule has 7 nitrogen and oxygen atoms in total. The van der Waals surface area contributed by atoms with Gasteiger partial charge in [0.1, 0.15) is 13.2 Å². The molecule has 0 bridgehead atoms. The average Bonchev–Trinajstić information content (AvgIpc) is 2.95. The molecular weight excluding hydrogens is 474 g/mol. The summed E-state index contributed by atoms with van der Waals surface area (Å²) >= 11 is 4.16. The molecule has 0 radical (unpaired) electrons. The molecule has 0 saturated carbocycles. The Morgan fingerprint density at radius 2 is 1.93 bits per heavy atom. The SMILES string of the molecule is COc1cc(/C=C2/SC(=O)N(CC(=O)O)C2=O)cc(Br)c1OCc1ccc(C)cc1. The second-order valence-corrected chi connectivity index (χ2v) is 8.32. The van der Waals surface area contributed by atoms with Crippen molar-refractivity contribution in [3.63, 3.8) is 0 Å². The number of ether oxygens (including phenoxy) is 2. The second-order valence-electron chi connectivity index (χ2n) is 6.47. The van der Waals surface area contributed by atoms with Crippen molar-refractivity contribution in [2.45, 2.75) is 13.5 Å². The molecule has 0 atom stereocenters. The van der Waals surface area contributed by atoms with Gasteiger partial charge in [0.2, 0.25) is 0 Å². The van der Waals surface area contributed by atoms with Crippen molar-refractivity contribution >= 4 is 50.9 Å². The van der Waals surface area contributed by atoms with Crippen LogP contribution in [0, 0.1) is 6.92 Å². The molecule has 2 aromatic rings. The highest BCUT2D eigenvalue weighted by Crippen LogP contribution is 2.39. The number of aliphatic carboxylic acids is 1. The molecule has 2 aromatic carbocycles. The number of hydrogen-bond donors (Lipinski definition) is 1. The Kier molecular flexibility index (Phi) is 6.84. The third-order valence-corrected chi connectivity index (χ3v) is 5.72. The van der Waals surface area contributed by atoms with Crippen molar-refractivity contribution in [1.29, 1.82) is 0 Å². The normalized spacial score (nSPS) is 15.0. The van der Waals surface area contributed by atoms with Crippen molar-refractivity contribution in [3.8, 4) is 11.5 Å². The number of rotatable bonds is 7. The van der Waals surface area contributed by atoms with Crippen LogP contribution in [-0.2, 0) is 16.2 Å². The Balaban J connectivity index is 1.82. The first-order chi connectivity index (χ1) is 14.3. The van der Waals surface area contributed by atoms with Gasteiger partial charge in [0, 0.05) is 0 Å². The van der Waals surface area contributed by atoms with E-state index in [0.717, 1.165) is 11.1 Å². The maximum atomic E-state index is 12.3. The Morgan fingerprint density at radius 1 is 1.23 bits per heavy atom. The van der Waals surface area contributed by atoms with Gasteiger partial charge in [-0.15, -0.1) is 0 Å². The molecule has 30 heavy (non-hydrogen) atoms. The number of thioether (sulfide) groups is 1. The summed E-state index contributed by atoms with van der Waals surface area (Å²) in [6.07, 6.45) is 1.52. The van der Waals surface area contributed by atoms with E-state index in [-0.39, 0.29) is 4.91 Å². The van der Waals surface area contributed by atoms with Crippen molar-refractivity contribution in [2.24, 2.45) is 0 Å². The monoisotopic (exact) mass is 491 g/mol. The number of halogens is 1. The van der Waals surface area contributed by atoms with Gasteiger partial charge in [-0.25, -0.2) is 0 Å². The number of carboxylic acids is 1. The summed E-state index contributed by atoms with van der Waals surface area (Å²) in [7, 11) is 1.50. The van der Waals surface area contributed by atoms with E-state index < -0.39 is 23.7 Å². The molecule has 1 saturated heterocycles. The molecule has 1 heterocycles. The lowest BCUT2D eigenvalue weighted by atomic mass is 10.1. The number of methoxy groups -OCH3 is 1. The van der Waals surface area contributed by atoms with E-state index in [1.807, 2.05) is 31.2 Å². The largest absolute Gasteiger partial charge is 0.493 e. The van der Waals surface area contributed by atoms with Crippen LogP contribution < -0.4 is 9.47 Å². The van der Waals surface area contributed by atoms with Gasteiger partial charge in [0.05, 0.1) is 16.5 Å². The van der Waals surface area contributed by atoms with Crippen LogP contribution >= 0.6 is 27.7 Å². The van der Waals surface area contributed by atoms with Crippen molar-refractivity contribution < 1.29 is 29.0 Å². The van der Waals surface area contributed by atoms with E-state index >= 15 is 0 Å². The summed E-state index contributed by atoms with van der Waals surface area (Å²) in [4.78, 5) is 35.9. The Morgan fingerprint density at radius 3 is 2.57 bits per heavy atom. The minimum absolute atomic E-state index is 0.142. The molecule has 1 aliphatic rings. The Bertz CT molecular complexity index is 1030. The van der Waals surface area contributed by atoms with Crippen LogP contribution in [0.4, 0.5) is 4.79 Å². The van der Waals surface area contributed by atoms with Gasteiger partial charge < -0.3 is 14.6 Å². The molecule has 0 aliphatic carbocycles. The molecule has 9 heteroatoms. The fourth-order valence-electron chi connectivity index (χ4n) is 2.73. The van der Waals surface area contributed by atoms with Gasteiger partial charge in [0.15, 0.2) is 11.5 Å². The zero-order valence-corrected chi connectivity index (χ0v) is 18.6. The van der Waals surface area contributed by atoms with Crippen LogP contribution in [0.3, 0.4) is 0 Å². The highest BCUT2D eigenvalue weighted by Gasteiger charge is 2.36. The second kappa shape index (κ2) is 9.36.